The second-order valence-corrected chi connectivity index (χ2v) is 7.18. The van der Waals surface area contributed by atoms with Gasteiger partial charge < -0.3 is 5.11 Å². The molecule has 1 atom stereocenters. The minimum Gasteiger partial charge on any atom is -0.395 e. The van der Waals surface area contributed by atoms with Gasteiger partial charge in [0.2, 0.25) is 9.84 Å². The van der Waals surface area contributed by atoms with E-state index in [4.69, 9.17) is 28.3 Å². The van der Waals surface area contributed by atoms with Gasteiger partial charge in [-0.1, -0.05) is 29.3 Å². The molecule has 1 heterocycles. The molecule has 1 aromatic carbocycles. The second kappa shape index (κ2) is 6.31. The van der Waals surface area contributed by atoms with Crippen molar-refractivity contribution in [1.82, 2.24) is 14.8 Å². The SMILES string of the molecule is CC(c1c(Cl)cccc1Cl)n1cnc(S(=O)(=O)CCO)n1. The Bertz CT molecular complexity index is 726. The van der Waals surface area contributed by atoms with E-state index in [-0.39, 0.29) is 11.2 Å². The molecule has 0 fully saturated rings. The Morgan fingerprint density at radius 3 is 2.52 bits per heavy atom. The summed E-state index contributed by atoms with van der Waals surface area (Å²) in [5.74, 6) is -0.418. The van der Waals surface area contributed by atoms with Gasteiger partial charge in [-0.3, -0.25) is 0 Å². The average Bonchev–Trinajstić information content (AvgIpc) is 2.88. The van der Waals surface area contributed by atoms with E-state index in [1.54, 1.807) is 25.1 Å². The smallest absolute Gasteiger partial charge is 0.266 e. The molecule has 0 bridgehead atoms. The summed E-state index contributed by atoms with van der Waals surface area (Å²) in [7, 11) is -3.68. The molecule has 0 aliphatic rings. The maximum atomic E-state index is 11.8. The van der Waals surface area contributed by atoms with Gasteiger partial charge in [0.05, 0.1) is 18.4 Å². The van der Waals surface area contributed by atoms with Crippen LogP contribution < -0.4 is 0 Å². The van der Waals surface area contributed by atoms with Crippen LogP contribution in [0, 0.1) is 0 Å². The molecule has 0 radical (unpaired) electrons. The molecule has 1 N–H and O–H groups in total. The Balaban J connectivity index is 2.38. The van der Waals surface area contributed by atoms with Crippen LogP contribution in [0.15, 0.2) is 29.7 Å². The predicted molar refractivity (Wildman–Crippen MR) is 79.4 cm³/mol. The van der Waals surface area contributed by atoms with Crippen LogP contribution in [-0.2, 0) is 9.84 Å². The zero-order chi connectivity index (χ0) is 15.6. The third-order valence-corrected chi connectivity index (χ3v) is 5.06. The Morgan fingerprint density at radius 2 is 1.95 bits per heavy atom. The third kappa shape index (κ3) is 3.37. The first-order chi connectivity index (χ1) is 9.86. The van der Waals surface area contributed by atoms with E-state index < -0.39 is 22.2 Å². The molecule has 0 amide bonds. The van der Waals surface area contributed by atoms with Crippen LogP contribution in [0.4, 0.5) is 0 Å². The van der Waals surface area contributed by atoms with Crippen LogP contribution in [0.5, 0.6) is 0 Å². The highest BCUT2D eigenvalue weighted by atomic mass is 35.5. The van der Waals surface area contributed by atoms with Gasteiger partial charge >= 0.3 is 0 Å². The Morgan fingerprint density at radius 1 is 1.33 bits per heavy atom. The molecule has 2 rings (SSSR count). The van der Waals surface area contributed by atoms with Gasteiger partial charge in [-0.05, 0) is 19.1 Å². The summed E-state index contributed by atoms with van der Waals surface area (Å²) in [4.78, 5) is 3.78. The second-order valence-electron chi connectivity index (χ2n) is 4.36. The van der Waals surface area contributed by atoms with Gasteiger partial charge in [0.1, 0.15) is 6.33 Å². The van der Waals surface area contributed by atoms with Gasteiger partial charge in [0.25, 0.3) is 5.16 Å². The van der Waals surface area contributed by atoms with Crippen LogP contribution in [0.3, 0.4) is 0 Å². The topological polar surface area (TPSA) is 85.1 Å². The monoisotopic (exact) mass is 349 g/mol. The molecule has 1 unspecified atom stereocenters. The van der Waals surface area contributed by atoms with E-state index in [1.165, 1.54) is 11.0 Å². The molecule has 9 heteroatoms. The van der Waals surface area contributed by atoms with E-state index in [9.17, 15) is 8.42 Å². The van der Waals surface area contributed by atoms with Crippen molar-refractivity contribution in [2.24, 2.45) is 0 Å². The lowest BCUT2D eigenvalue weighted by atomic mass is 10.1. The fraction of sp³-hybridized carbons (Fsp3) is 0.333. The molecule has 6 nitrogen and oxygen atoms in total. The van der Waals surface area contributed by atoms with Crippen molar-refractivity contribution in [3.8, 4) is 0 Å². The van der Waals surface area contributed by atoms with E-state index in [0.717, 1.165) is 0 Å². The van der Waals surface area contributed by atoms with E-state index in [0.29, 0.717) is 15.6 Å². The van der Waals surface area contributed by atoms with Gasteiger partial charge in [-0.15, -0.1) is 5.10 Å². The first-order valence-corrected chi connectivity index (χ1v) is 8.46. The van der Waals surface area contributed by atoms with Crippen molar-refractivity contribution in [2.45, 2.75) is 18.1 Å². The highest BCUT2D eigenvalue weighted by Crippen LogP contribution is 2.31. The maximum absolute atomic E-state index is 11.8. The summed E-state index contributed by atoms with van der Waals surface area (Å²) in [6, 6.07) is 4.73. The highest BCUT2D eigenvalue weighted by Gasteiger charge is 2.22. The predicted octanol–water partition coefficient (Wildman–Crippen LogP) is 1.96. The fourth-order valence-corrected chi connectivity index (χ4v) is 3.40. The highest BCUT2D eigenvalue weighted by molar-refractivity contribution is 7.91. The summed E-state index contributed by atoms with van der Waals surface area (Å²) in [5, 5.41) is 13.3. The van der Waals surface area contributed by atoms with Crippen molar-refractivity contribution in [2.75, 3.05) is 12.4 Å². The lowest BCUT2D eigenvalue weighted by molar-refractivity contribution is 0.319. The number of nitrogens with zero attached hydrogens (tertiary/aromatic N) is 3. The molecule has 0 aliphatic heterocycles. The standard InChI is InChI=1S/C12H13Cl2N3O3S/c1-8(11-9(13)3-2-4-10(11)14)17-7-15-12(16-17)21(19,20)6-5-18/h2-4,7-8,18H,5-6H2,1H3. The molecule has 114 valence electrons. The number of benzene rings is 1. The Kier molecular flexibility index (Phi) is 4.88. The first-order valence-electron chi connectivity index (χ1n) is 6.05. The van der Waals surface area contributed by atoms with Crippen LogP contribution >= 0.6 is 23.2 Å². The van der Waals surface area contributed by atoms with Crippen LogP contribution in [0.2, 0.25) is 10.0 Å². The average molecular weight is 350 g/mol. The number of aliphatic hydroxyl groups is 1. The van der Waals surface area contributed by atoms with E-state index in [2.05, 4.69) is 10.1 Å². The summed E-state index contributed by atoms with van der Waals surface area (Å²) in [6.45, 7) is 1.30. The zero-order valence-corrected chi connectivity index (χ0v) is 13.4. The van der Waals surface area contributed by atoms with E-state index in [1.807, 2.05) is 0 Å². The number of sulfone groups is 1. The van der Waals surface area contributed by atoms with Crippen molar-refractivity contribution < 1.29 is 13.5 Å². The van der Waals surface area contributed by atoms with Gasteiger partial charge in [0, 0.05) is 15.6 Å². The van der Waals surface area contributed by atoms with E-state index >= 15 is 0 Å². The summed E-state index contributed by atoms with van der Waals surface area (Å²) < 4.78 is 24.9. The Hall–Kier alpha value is -1.15. The molecular formula is C12H13Cl2N3O3S. The van der Waals surface area contributed by atoms with Crippen LogP contribution in [-0.4, -0.2) is 40.6 Å². The van der Waals surface area contributed by atoms with Crippen molar-refractivity contribution in [1.29, 1.82) is 0 Å². The first kappa shape index (κ1) is 16.2. The maximum Gasteiger partial charge on any atom is 0.266 e. The van der Waals surface area contributed by atoms with Crippen LogP contribution in [0.1, 0.15) is 18.5 Å². The molecule has 0 spiro atoms. The summed E-state index contributed by atoms with van der Waals surface area (Å²) in [5.41, 5.74) is 0.636. The lowest BCUT2D eigenvalue weighted by Crippen LogP contribution is -2.14. The number of halogens is 2. The van der Waals surface area contributed by atoms with Gasteiger partial charge in [0.15, 0.2) is 0 Å². The number of aromatic nitrogens is 3. The lowest BCUT2D eigenvalue weighted by Gasteiger charge is -2.15. The third-order valence-electron chi connectivity index (χ3n) is 2.94. The van der Waals surface area contributed by atoms with Crippen molar-refractivity contribution >= 4 is 33.0 Å². The quantitative estimate of drug-likeness (QED) is 0.891. The Labute approximate surface area is 132 Å². The molecule has 0 aliphatic carbocycles. The zero-order valence-electron chi connectivity index (χ0n) is 11.1. The molecule has 2 aromatic rings. The van der Waals surface area contributed by atoms with Gasteiger partial charge in [-0.25, -0.2) is 18.1 Å². The molecule has 1 aromatic heterocycles. The van der Waals surface area contributed by atoms with Crippen molar-refractivity contribution in [3.63, 3.8) is 0 Å². The number of hydrogen-bond donors (Lipinski definition) is 1. The minimum atomic E-state index is -3.68. The summed E-state index contributed by atoms with van der Waals surface area (Å²) in [6.07, 6.45) is 1.30. The molecule has 21 heavy (non-hydrogen) atoms. The largest absolute Gasteiger partial charge is 0.395 e. The van der Waals surface area contributed by atoms with Crippen LogP contribution in [0.25, 0.3) is 0 Å². The fourth-order valence-electron chi connectivity index (χ4n) is 1.84. The number of rotatable bonds is 5. The number of hydrogen-bond acceptors (Lipinski definition) is 5. The van der Waals surface area contributed by atoms with Gasteiger partial charge in [-0.2, -0.15) is 0 Å². The minimum absolute atomic E-state index is 0.327. The summed E-state index contributed by atoms with van der Waals surface area (Å²) >= 11 is 12.2. The number of aliphatic hydroxyl groups excluding tert-OH is 1. The normalized spacial score (nSPS) is 13.3. The molecule has 0 saturated heterocycles. The van der Waals surface area contributed by atoms with Crippen molar-refractivity contribution in [3.05, 3.63) is 40.1 Å². The molecule has 0 saturated carbocycles. The molecular weight excluding hydrogens is 337 g/mol.